The fourth-order valence-corrected chi connectivity index (χ4v) is 3.12. The first-order chi connectivity index (χ1) is 13.0. The van der Waals surface area contributed by atoms with Gasteiger partial charge in [0.1, 0.15) is 11.6 Å². The van der Waals surface area contributed by atoms with Crippen LogP contribution in [0.25, 0.3) is 0 Å². The molecule has 0 spiro atoms. The molecule has 138 valence electrons. The van der Waals surface area contributed by atoms with E-state index in [9.17, 15) is 9.59 Å². The van der Waals surface area contributed by atoms with E-state index in [1.54, 1.807) is 11.9 Å². The molecule has 0 aliphatic carbocycles. The van der Waals surface area contributed by atoms with Crippen molar-refractivity contribution in [2.24, 2.45) is 0 Å². The van der Waals surface area contributed by atoms with Crippen LogP contribution in [0.5, 0.6) is 0 Å². The largest absolute Gasteiger partial charge is 0.333 e. The maximum atomic E-state index is 12.9. The van der Waals surface area contributed by atoms with E-state index >= 15 is 0 Å². The molecule has 0 aliphatic heterocycles. The molecule has 3 rings (SSSR count). The molecule has 3 aromatic rings. The number of hydrogen-bond donors (Lipinski definition) is 0. The number of aromatic nitrogens is 2. The highest BCUT2D eigenvalue weighted by Crippen LogP contribution is 2.27. The zero-order valence-electron chi connectivity index (χ0n) is 14.5. The Morgan fingerprint density at radius 1 is 1.04 bits per heavy atom. The van der Waals surface area contributed by atoms with Crippen LogP contribution in [-0.4, -0.2) is 27.6 Å². The second-order valence-corrected chi connectivity index (χ2v) is 6.78. The fraction of sp³-hybridized carbons (Fsp3) is 0.150. The van der Waals surface area contributed by atoms with Gasteiger partial charge in [0.15, 0.2) is 0 Å². The summed E-state index contributed by atoms with van der Waals surface area (Å²) in [5.41, 5.74) is 1.34. The van der Waals surface area contributed by atoms with Crippen molar-refractivity contribution in [1.82, 2.24) is 14.7 Å². The van der Waals surface area contributed by atoms with Gasteiger partial charge in [-0.25, -0.2) is 4.68 Å². The van der Waals surface area contributed by atoms with E-state index in [0.717, 1.165) is 15.8 Å². The zero-order chi connectivity index (χ0) is 19.4. The molecule has 27 heavy (non-hydrogen) atoms. The third-order valence-electron chi connectivity index (χ3n) is 4.24. The van der Waals surface area contributed by atoms with Gasteiger partial charge in [0.25, 0.3) is 5.56 Å². The van der Waals surface area contributed by atoms with Crippen LogP contribution in [0.3, 0.4) is 0 Å². The van der Waals surface area contributed by atoms with E-state index in [1.165, 1.54) is 6.20 Å². The van der Waals surface area contributed by atoms with Crippen molar-refractivity contribution >= 4 is 29.1 Å². The van der Waals surface area contributed by atoms with Crippen molar-refractivity contribution in [1.29, 1.82) is 0 Å². The Balaban J connectivity index is 1.93. The Hall–Kier alpha value is -2.63. The number of carbonyl (C=O) groups is 1. The van der Waals surface area contributed by atoms with Crippen LogP contribution in [-0.2, 0) is 11.3 Å². The lowest BCUT2D eigenvalue weighted by Crippen LogP contribution is -2.37. The highest BCUT2D eigenvalue weighted by Gasteiger charge is 2.24. The summed E-state index contributed by atoms with van der Waals surface area (Å²) in [5.74, 6) is -0.277. The van der Waals surface area contributed by atoms with Gasteiger partial charge in [0.05, 0.1) is 17.3 Å². The topological polar surface area (TPSA) is 55.2 Å². The molecule has 1 amide bonds. The molecule has 1 heterocycles. The minimum atomic E-state index is -0.595. The molecule has 1 aromatic heterocycles. The predicted octanol–water partition coefficient (Wildman–Crippen LogP) is 3.80. The first-order valence-corrected chi connectivity index (χ1v) is 9.01. The number of carbonyl (C=O) groups excluding carboxylic acids is 1. The lowest BCUT2D eigenvalue weighted by molar-refractivity contribution is -0.132. The summed E-state index contributed by atoms with van der Waals surface area (Å²) in [6, 6.07) is 19.1. The number of nitrogens with zero attached hydrogens (tertiary/aromatic N) is 3. The number of benzene rings is 2. The first-order valence-electron chi connectivity index (χ1n) is 8.25. The predicted molar refractivity (Wildman–Crippen MR) is 106 cm³/mol. The zero-order valence-corrected chi connectivity index (χ0v) is 16.1. The SMILES string of the molecule is CN(C(=O)Cn1ncc(Cl)c(Cl)c1=O)C(c1ccccc1)c1ccccc1. The van der Waals surface area contributed by atoms with Gasteiger partial charge in [-0.05, 0) is 11.1 Å². The Bertz CT molecular complexity index is 952. The smallest absolute Gasteiger partial charge is 0.287 e. The van der Waals surface area contributed by atoms with Crippen LogP contribution >= 0.6 is 23.2 Å². The molecule has 0 saturated carbocycles. The Morgan fingerprint density at radius 3 is 2.07 bits per heavy atom. The minimum absolute atomic E-state index is 0.0603. The maximum Gasteiger partial charge on any atom is 0.287 e. The second-order valence-electron chi connectivity index (χ2n) is 6.00. The summed E-state index contributed by atoms with van der Waals surface area (Å²) in [7, 11) is 1.70. The maximum absolute atomic E-state index is 12.9. The average Bonchev–Trinajstić information content (AvgIpc) is 2.70. The van der Waals surface area contributed by atoms with Crippen molar-refractivity contribution in [2.75, 3.05) is 7.05 Å². The third kappa shape index (κ3) is 4.21. The van der Waals surface area contributed by atoms with Gasteiger partial charge in [-0.1, -0.05) is 83.9 Å². The first kappa shape index (κ1) is 19.1. The molecule has 0 atom stereocenters. The van der Waals surface area contributed by atoms with Gasteiger partial charge >= 0.3 is 0 Å². The molecule has 0 unspecified atom stereocenters. The highest BCUT2D eigenvalue weighted by atomic mass is 35.5. The standard InChI is InChI=1S/C20H17Cl2N3O2/c1-24(17(26)13-25-20(27)18(22)16(21)12-23-25)19(14-8-4-2-5-9-14)15-10-6-3-7-11-15/h2-12,19H,13H2,1H3. The second kappa shape index (κ2) is 8.37. The molecule has 0 fully saturated rings. The molecule has 0 saturated heterocycles. The summed E-state index contributed by atoms with van der Waals surface area (Å²) < 4.78 is 1.01. The van der Waals surface area contributed by atoms with Crippen LogP contribution in [0.2, 0.25) is 10.0 Å². The van der Waals surface area contributed by atoms with Gasteiger partial charge in [-0.2, -0.15) is 5.10 Å². The molecule has 2 aromatic carbocycles. The van der Waals surface area contributed by atoms with E-state index in [4.69, 9.17) is 23.2 Å². The van der Waals surface area contributed by atoms with Crippen LogP contribution in [0.1, 0.15) is 17.2 Å². The molecule has 0 radical (unpaired) electrons. The number of rotatable bonds is 5. The van der Waals surface area contributed by atoms with Gasteiger partial charge < -0.3 is 4.90 Å². The highest BCUT2D eigenvalue weighted by molar-refractivity contribution is 6.41. The molecule has 0 N–H and O–H groups in total. The summed E-state index contributed by atoms with van der Waals surface area (Å²) in [6.45, 7) is -0.234. The number of hydrogen-bond acceptors (Lipinski definition) is 3. The van der Waals surface area contributed by atoms with Gasteiger partial charge in [0.2, 0.25) is 5.91 Å². The van der Waals surface area contributed by atoms with Crippen LogP contribution in [0.15, 0.2) is 71.7 Å². The Kier molecular flexibility index (Phi) is 5.94. The number of likely N-dealkylation sites (N-methyl/N-ethyl adjacent to an activating group) is 1. The van der Waals surface area contributed by atoms with Crippen molar-refractivity contribution in [3.63, 3.8) is 0 Å². The van der Waals surface area contributed by atoms with Crippen molar-refractivity contribution in [3.05, 3.63) is 98.4 Å². The van der Waals surface area contributed by atoms with E-state index in [-0.39, 0.29) is 28.5 Å². The molecular formula is C20H17Cl2N3O2. The molecule has 0 bridgehead atoms. The van der Waals surface area contributed by atoms with Crippen molar-refractivity contribution < 1.29 is 4.79 Å². The van der Waals surface area contributed by atoms with Gasteiger partial charge in [-0.3, -0.25) is 9.59 Å². The normalized spacial score (nSPS) is 10.8. The summed E-state index contributed by atoms with van der Waals surface area (Å²) in [4.78, 5) is 26.7. The lowest BCUT2D eigenvalue weighted by Gasteiger charge is -2.29. The van der Waals surface area contributed by atoms with E-state index in [2.05, 4.69) is 5.10 Å². The quantitative estimate of drug-likeness (QED) is 0.653. The lowest BCUT2D eigenvalue weighted by atomic mass is 9.97. The summed E-state index contributed by atoms with van der Waals surface area (Å²) >= 11 is 11.7. The van der Waals surface area contributed by atoms with Crippen molar-refractivity contribution in [2.45, 2.75) is 12.6 Å². The number of halogens is 2. The monoisotopic (exact) mass is 401 g/mol. The van der Waals surface area contributed by atoms with Crippen LogP contribution in [0, 0.1) is 0 Å². The molecular weight excluding hydrogens is 385 g/mol. The van der Waals surface area contributed by atoms with Crippen LogP contribution in [0.4, 0.5) is 0 Å². The van der Waals surface area contributed by atoms with E-state index < -0.39 is 5.56 Å². The van der Waals surface area contributed by atoms with Crippen LogP contribution < -0.4 is 5.56 Å². The number of amides is 1. The average molecular weight is 402 g/mol. The minimum Gasteiger partial charge on any atom is -0.333 e. The Morgan fingerprint density at radius 2 is 1.56 bits per heavy atom. The van der Waals surface area contributed by atoms with Crippen molar-refractivity contribution in [3.8, 4) is 0 Å². The molecule has 7 heteroatoms. The van der Waals surface area contributed by atoms with Gasteiger partial charge in [-0.15, -0.1) is 0 Å². The fourth-order valence-electron chi connectivity index (χ4n) is 2.85. The Labute approximate surface area is 166 Å². The van der Waals surface area contributed by atoms with E-state index in [0.29, 0.717) is 0 Å². The molecule has 0 aliphatic rings. The van der Waals surface area contributed by atoms with E-state index in [1.807, 2.05) is 60.7 Å². The summed E-state index contributed by atoms with van der Waals surface area (Å²) in [5, 5.41) is 3.82. The van der Waals surface area contributed by atoms with Gasteiger partial charge in [0, 0.05) is 7.05 Å². The third-order valence-corrected chi connectivity index (χ3v) is 4.99. The molecule has 5 nitrogen and oxygen atoms in total. The summed E-state index contributed by atoms with van der Waals surface area (Å²) in [6.07, 6.45) is 1.25.